The molecule has 0 saturated heterocycles. The molecule has 3 rings (SSSR count). The quantitative estimate of drug-likeness (QED) is 0.519. The van der Waals surface area contributed by atoms with Crippen molar-refractivity contribution in [2.75, 3.05) is 20.8 Å². The summed E-state index contributed by atoms with van der Waals surface area (Å²) in [7, 11) is 3.20. The van der Waals surface area contributed by atoms with E-state index in [-0.39, 0.29) is 18.9 Å². The minimum Gasteiger partial charge on any atom is -0.497 e. The fraction of sp³-hybridized carbons (Fsp3) is 0.240. The predicted molar refractivity (Wildman–Crippen MR) is 119 cm³/mol. The van der Waals surface area contributed by atoms with Crippen LogP contribution in [0.3, 0.4) is 0 Å². The zero-order valence-electron chi connectivity index (χ0n) is 17.8. The lowest BCUT2D eigenvalue weighted by molar-refractivity contribution is -0.120. The summed E-state index contributed by atoms with van der Waals surface area (Å²) in [5, 5.41) is 12.1. The Morgan fingerprint density at radius 1 is 0.839 bits per heavy atom. The van der Waals surface area contributed by atoms with Crippen molar-refractivity contribution >= 4 is 5.91 Å². The topological polar surface area (TPSA) is 77.0 Å². The Hall–Kier alpha value is -3.51. The smallest absolute Gasteiger partial charge is 0.224 e. The van der Waals surface area contributed by atoms with E-state index < -0.39 is 0 Å². The summed E-state index contributed by atoms with van der Waals surface area (Å²) in [6.45, 7) is 0.536. The minimum absolute atomic E-state index is 0.0140. The van der Waals surface area contributed by atoms with Crippen LogP contribution in [0.1, 0.15) is 16.7 Å². The summed E-state index contributed by atoms with van der Waals surface area (Å²) < 4.78 is 16.5. The van der Waals surface area contributed by atoms with Gasteiger partial charge in [-0.1, -0.05) is 30.3 Å². The third-order valence-electron chi connectivity index (χ3n) is 4.80. The van der Waals surface area contributed by atoms with Gasteiger partial charge in [-0.15, -0.1) is 0 Å². The fourth-order valence-electron chi connectivity index (χ4n) is 3.12. The van der Waals surface area contributed by atoms with Crippen LogP contribution in [0.5, 0.6) is 23.0 Å². The van der Waals surface area contributed by atoms with Gasteiger partial charge >= 0.3 is 0 Å². The Morgan fingerprint density at radius 3 is 2.32 bits per heavy atom. The molecule has 31 heavy (non-hydrogen) atoms. The van der Waals surface area contributed by atoms with Crippen molar-refractivity contribution < 1.29 is 24.1 Å². The molecule has 0 heterocycles. The van der Waals surface area contributed by atoms with Gasteiger partial charge in [-0.3, -0.25) is 4.79 Å². The summed E-state index contributed by atoms with van der Waals surface area (Å²) >= 11 is 0. The minimum atomic E-state index is -0.0572. The Labute approximate surface area is 182 Å². The van der Waals surface area contributed by atoms with Crippen molar-refractivity contribution in [3.05, 3.63) is 83.4 Å². The number of carbonyl (C=O) groups is 1. The van der Waals surface area contributed by atoms with Crippen molar-refractivity contribution in [2.24, 2.45) is 0 Å². The number of hydrogen-bond acceptors (Lipinski definition) is 5. The predicted octanol–water partition coefficient (Wildman–Crippen LogP) is 3.89. The summed E-state index contributed by atoms with van der Waals surface area (Å²) in [6, 6.07) is 20.4. The average molecular weight is 421 g/mol. The molecule has 6 nitrogen and oxygen atoms in total. The van der Waals surface area contributed by atoms with Gasteiger partial charge in [-0.2, -0.15) is 0 Å². The third kappa shape index (κ3) is 6.49. The lowest BCUT2D eigenvalue weighted by atomic mass is 10.1. The van der Waals surface area contributed by atoms with Crippen LogP contribution in [0.2, 0.25) is 0 Å². The van der Waals surface area contributed by atoms with E-state index in [4.69, 9.17) is 19.3 Å². The highest BCUT2D eigenvalue weighted by atomic mass is 16.5. The second-order valence-electron chi connectivity index (χ2n) is 7.02. The van der Waals surface area contributed by atoms with Gasteiger partial charge in [0.1, 0.15) is 11.5 Å². The van der Waals surface area contributed by atoms with Crippen molar-refractivity contribution in [1.82, 2.24) is 5.32 Å². The van der Waals surface area contributed by atoms with Crippen LogP contribution in [0.4, 0.5) is 0 Å². The standard InChI is InChI=1S/C25H27NO5/c1-29-22-5-3-4-18(14-22)12-13-26-25(28)16-20-8-11-23(24(15-20)30-2)31-21-9-6-19(17-27)7-10-21/h3-11,14-15,27H,12-13,16-17H2,1-2H3,(H,26,28). The first-order valence-electron chi connectivity index (χ1n) is 10.1. The second-order valence-corrected chi connectivity index (χ2v) is 7.02. The first-order chi connectivity index (χ1) is 15.1. The number of methoxy groups -OCH3 is 2. The Bertz CT molecular complexity index is 1000. The van der Waals surface area contributed by atoms with Crippen LogP contribution in [-0.4, -0.2) is 31.8 Å². The number of hydrogen-bond donors (Lipinski definition) is 2. The molecule has 3 aromatic carbocycles. The highest BCUT2D eigenvalue weighted by Crippen LogP contribution is 2.32. The maximum absolute atomic E-state index is 12.3. The molecule has 0 radical (unpaired) electrons. The first kappa shape index (κ1) is 22.2. The van der Waals surface area contributed by atoms with E-state index >= 15 is 0 Å². The molecule has 0 aliphatic heterocycles. The zero-order valence-corrected chi connectivity index (χ0v) is 17.8. The van der Waals surface area contributed by atoms with Crippen LogP contribution >= 0.6 is 0 Å². The van der Waals surface area contributed by atoms with Gasteiger partial charge in [0.2, 0.25) is 5.91 Å². The molecule has 0 bridgehead atoms. The van der Waals surface area contributed by atoms with Crippen LogP contribution < -0.4 is 19.5 Å². The monoisotopic (exact) mass is 421 g/mol. The Kier molecular flexibility index (Phi) is 7.90. The molecule has 0 atom stereocenters. The van der Waals surface area contributed by atoms with E-state index in [9.17, 15) is 4.79 Å². The highest BCUT2D eigenvalue weighted by Gasteiger charge is 2.10. The highest BCUT2D eigenvalue weighted by molar-refractivity contribution is 5.78. The largest absolute Gasteiger partial charge is 0.497 e. The fourth-order valence-corrected chi connectivity index (χ4v) is 3.12. The Balaban J connectivity index is 1.55. The number of carbonyl (C=O) groups excluding carboxylic acids is 1. The van der Waals surface area contributed by atoms with Gasteiger partial charge in [0.05, 0.1) is 27.2 Å². The second kappa shape index (κ2) is 11.0. The molecule has 3 aromatic rings. The normalized spacial score (nSPS) is 10.4. The molecule has 0 saturated carbocycles. The van der Waals surface area contributed by atoms with Gasteiger partial charge in [-0.05, 0) is 59.5 Å². The molecule has 6 heteroatoms. The molecule has 162 valence electrons. The van der Waals surface area contributed by atoms with Crippen LogP contribution in [0, 0.1) is 0 Å². The number of rotatable bonds is 10. The summed E-state index contributed by atoms with van der Waals surface area (Å²) in [6.07, 6.45) is 0.980. The van der Waals surface area contributed by atoms with Gasteiger partial charge in [-0.25, -0.2) is 0 Å². The van der Waals surface area contributed by atoms with Crippen molar-refractivity contribution in [3.63, 3.8) is 0 Å². The van der Waals surface area contributed by atoms with Gasteiger partial charge in [0.15, 0.2) is 11.5 Å². The van der Waals surface area contributed by atoms with Gasteiger partial charge < -0.3 is 24.6 Å². The number of ether oxygens (including phenoxy) is 3. The maximum Gasteiger partial charge on any atom is 0.224 e. The van der Waals surface area contributed by atoms with Crippen LogP contribution in [0.15, 0.2) is 66.7 Å². The van der Waals surface area contributed by atoms with Crippen LogP contribution in [-0.2, 0) is 24.2 Å². The number of aliphatic hydroxyl groups is 1. The lowest BCUT2D eigenvalue weighted by Gasteiger charge is -2.12. The van der Waals surface area contributed by atoms with E-state index in [0.29, 0.717) is 23.8 Å². The van der Waals surface area contributed by atoms with Crippen molar-refractivity contribution in [3.8, 4) is 23.0 Å². The van der Waals surface area contributed by atoms with E-state index in [1.807, 2.05) is 30.3 Å². The first-order valence-corrected chi connectivity index (χ1v) is 10.1. The molecule has 0 spiro atoms. The number of nitrogens with one attached hydrogen (secondary N) is 1. The molecular formula is C25H27NO5. The molecule has 0 unspecified atom stereocenters. The molecular weight excluding hydrogens is 394 g/mol. The van der Waals surface area contributed by atoms with E-state index in [1.54, 1.807) is 50.6 Å². The van der Waals surface area contributed by atoms with E-state index in [2.05, 4.69) is 5.32 Å². The third-order valence-corrected chi connectivity index (χ3v) is 4.80. The zero-order chi connectivity index (χ0) is 22.1. The summed E-state index contributed by atoms with van der Waals surface area (Å²) in [4.78, 5) is 12.3. The van der Waals surface area contributed by atoms with Crippen molar-refractivity contribution in [2.45, 2.75) is 19.4 Å². The average Bonchev–Trinajstić information content (AvgIpc) is 2.80. The SMILES string of the molecule is COc1cccc(CCNC(=O)Cc2ccc(Oc3ccc(CO)cc3)c(OC)c2)c1. The van der Waals surface area contributed by atoms with Crippen LogP contribution in [0.25, 0.3) is 0 Å². The molecule has 0 aliphatic rings. The molecule has 0 aromatic heterocycles. The number of amides is 1. The summed E-state index contributed by atoms with van der Waals surface area (Å²) in [5.41, 5.74) is 2.75. The molecule has 1 amide bonds. The summed E-state index contributed by atoms with van der Waals surface area (Å²) in [5.74, 6) is 2.49. The van der Waals surface area contributed by atoms with E-state index in [1.165, 1.54) is 0 Å². The van der Waals surface area contributed by atoms with Crippen molar-refractivity contribution in [1.29, 1.82) is 0 Å². The number of benzene rings is 3. The number of aliphatic hydroxyl groups excluding tert-OH is 1. The van der Waals surface area contributed by atoms with Gasteiger partial charge in [0.25, 0.3) is 0 Å². The molecule has 2 N–H and O–H groups in total. The van der Waals surface area contributed by atoms with Gasteiger partial charge in [0, 0.05) is 6.54 Å². The van der Waals surface area contributed by atoms with E-state index in [0.717, 1.165) is 28.9 Å². The Morgan fingerprint density at radius 2 is 1.61 bits per heavy atom. The maximum atomic E-state index is 12.3. The lowest BCUT2D eigenvalue weighted by Crippen LogP contribution is -2.27. The molecule has 0 fully saturated rings. The molecule has 0 aliphatic carbocycles.